The van der Waals surface area contributed by atoms with Crippen molar-refractivity contribution in [2.45, 2.75) is 115 Å². The summed E-state index contributed by atoms with van der Waals surface area (Å²) in [6.07, 6.45) is 0.370. The molecule has 198 valence electrons. The highest BCUT2D eigenvalue weighted by atomic mass is 16.4. The zero-order valence-electron chi connectivity index (χ0n) is 21.3. The van der Waals surface area contributed by atoms with Crippen LogP contribution in [0.4, 0.5) is 0 Å². The molecule has 4 aliphatic carbocycles. The van der Waals surface area contributed by atoms with Crippen LogP contribution in [0.25, 0.3) is 0 Å². The van der Waals surface area contributed by atoms with Gasteiger partial charge in [-0.2, -0.15) is 0 Å². The molecule has 0 aromatic rings. The van der Waals surface area contributed by atoms with Crippen molar-refractivity contribution in [2.24, 2.45) is 46.3 Å². The second-order valence-electron chi connectivity index (χ2n) is 13.1. The molecule has 4 fully saturated rings. The molecular weight excluding hydrogens is 436 g/mol. The average molecular weight is 485 g/mol. The maximum absolute atomic E-state index is 12.3. The van der Waals surface area contributed by atoms with E-state index >= 15 is 0 Å². The van der Waals surface area contributed by atoms with Gasteiger partial charge in [0.05, 0.1) is 24.4 Å². The quantitative estimate of drug-likeness (QED) is 0.302. The van der Waals surface area contributed by atoms with Crippen LogP contribution < -0.4 is 0 Å². The van der Waals surface area contributed by atoms with E-state index in [1.165, 1.54) is 0 Å². The molecular formula is C27H48O7. The SMILES string of the molecule is C[C@H](CO)CCC[C@@H](C)[C@H]1[C@@H](O)[C@H](O)[C@@H]2[C@]1(C)CC[C@@H]1[C@@]3(C)CC[C@H](O)C[C@H]3[C@@H](O)[C@@H](O)[C@]12O. The normalized spacial score (nSPS) is 54.6. The molecule has 0 radical (unpaired) electrons. The second-order valence-corrected chi connectivity index (χ2v) is 13.1. The molecule has 0 amide bonds. The van der Waals surface area contributed by atoms with E-state index in [1.54, 1.807) is 0 Å². The molecule has 0 heterocycles. The Morgan fingerprint density at radius 1 is 0.853 bits per heavy atom. The molecule has 4 saturated carbocycles. The first-order chi connectivity index (χ1) is 15.8. The predicted molar refractivity (Wildman–Crippen MR) is 128 cm³/mol. The van der Waals surface area contributed by atoms with Crippen molar-refractivity contribution in [3.8, 4) is 0 Å². The highest BCUT2D eigenvalue weighted by Crippen LogP contribution is 2.69. The van der Waals surface area contributed by atoms with Crippen LogP contribution in [0, 0.1) is 46.3 Å². The van der Waals surface area contributed by atoms with Gasteiger partial charge in [-0.3, -0.25) is 0 Å². The minimum absolute atomic E-state index is 0.101. The van der Waals surface area contributed by atoms with E-state index in [-0.39, 0.29) is 36.2 Å². The lowest BCUT2D eigenvalue weighted by Gasteiger charge is -2.67. The standard InChI is InChI=1S/C27H48O7/c1-14(13-28)6-5-7-15(2)19-21(31)22(32)23-26(19,4)11-9-18-25(3)10-8-16(29)12-17(25)20(30)24(33)27(18,23)34/h14-24,28-34H,5-13H2,1-4H3/t14-,15+,16-,17-,18+,19-,20+,21+,22-,23+,24+,25-,26+,27-/m0/s1. The van der Waals surface area contributed by atoms with Crippen molar-refractivity contribution in [3.05, 3.63) is 0 Å². The Bertz CT molecular complexity index is 734. The first-order valence-electron chi connectivity index (χ1n) is 13.6. The monoisotopic (exact) mass is 484 g/mol. The maximum atomic E-state index is 12.3. The van der Waals surface area contributed by atoms with E-state index in [9.17, 15) is 35.7 Å². The molecule has 7 nitrogen and oxygen atoms in total. The molecule has 4 rings (SSSR count). The Balaban J connectivity index is 1.66. The van der Waals surface area contributed by atoms with E-state index < -0.39 is 52.9 Å². The lowest BCUT2D eigenvalue weighted by Crippen LogP contribution is -2.75. The van der Waals surface area contributed by atoms with Crippen LogP contribution >= 0.6 is 0 Å². The molecule has 14 atom stereocenters. The van der Waals surface area contributed by atoms with Crippen LogP contribution in [0.2, 0.25) is 0 Å². The van der Waals surface area contributed by atoms with Gasteiger partial charge in [-0.1, -0.05) is 40.5 Å². The number of rotatable bonds is 6. The number of hydrogen-bond acceptors (Lipinski definition) is 7. The van der Waals surface area contributed by atoms with Crippen LogP contribution in [0.15, 0.2) is 0 Å². The summed E-state index contributed by atoms with van der Waals surface area (Å²) in [5.41, 5.74) is -2.74. The van der Waals surface area contributed by atoms with Gasteiger partial charge in [-0.15, -0.1) is 0 Å². The Hall–Kier alpha value is -0.280. The predicted octanol–water partition coefficient (Wildman–Crippen LogP) is 1.44. The van der Waals surface area contributed by atoms with Crippen LogP contribution in [-0.4, -0.2) is 78.5 Å². The van der Waals surface area contributed by atoms with E-state index in [1.807, 2.05) is 13.8 Å². The number of fused-ring (bicyclic) bond motifs is 5. The van der Waals surface area contributed by atoms with Gasteiger partial charge in [0.15, 0.2) is 0 Å². The molecule has 0 aromatic carbocycles. The number of aliphatic hydroxyl groups is 7. The molecule has 0 aliphatic heterocycles. The van der Waals surface area contributed by atoms with E-state index in [0.29, 0.717) is 25.7 Å². The van der Waals surface area contributed by atoms with Crippen molar-refractivity contribution in [1.29, 1.82) is 0 Å². The third-order valence-corrected chi connectivity index (χ3v) is 11.2. The first kappa shape index (κ1) is 26.8. The topological polar surface area (TPSA) is 142 Å². The fourth-order valence-corrected chi connectivity index (χ4v) is 9.52. The maximum Gasteiger partial charge on any atom is 0.109 e. The summed E-state index contributed by atoms with van der Waals surface area (Å²) in [7, 11) is 0. The summed E-state index contributed by atoms with van der Waals surface area (Å²) in [6, 6.07) is 0. The largest absolute Gasteiger partial charge is 0.396 e. The Kier molecular flexibility index (Phi) is 7.27. The number of hydrogen-bond donors (Lipinski definition) is 7. The Morgan fingerprint density at radius 3 is 2.15 bits per heavy atom. The summed E-state index contributed by atoms with van der Waals surface area (Å²) in [4.78, 5) is 0. The zero-order chi connectivity index (χ0) is 25.2. The van der Waals surface area contributed by atoms with Gasteiger partial charge >= 0.3 is 0 Å². The molecule has 34 heavy (non-hydrogen) atoms. The van der Waals surface area contributed by atoms with Crippen LogP contribution in [0.1, 0.15) is 79.1 Å². The molecule has 0 unspecified atom stereocenters. The molecule has 4 aliphatic rings. The molecule has 7 heteroatoms. The summed E-state index contributed by atoms with van der Waals surface area (Å²) in [5, 5.41) is 77.2. The lowest BCUT2D eigenvalue weighted by molar-refractivity contribution is -0.309. The lowest BCUT2D eigenvalue weighted by atomic mass is 9.41. The molecule has 0 aromatic heterocycles. The summed E-state index contributed by atoms with van der Waals surface area (Å²) >= 11 is 0. The van der Waals surface area contributed by atoms with Gasteiger partial charge in [0.2, 0.25) is 0 Å². The van der Waals surface area contributed by atoms with Crippen molar-refractivity contribution in [3.63, 3.8) is 0 Å². The third kappa shape index (κ3) is 3.72. The highest BCUT2D eigenvalue weighted by molar-refractivity contribution is 5.24. The van der Waals surface area contributed by atoms with Gasteiger partial charge in [0, 0.05) is 12.5 Å². The zero-order valence-corrected chi connectivity index (χ0v) is 21.3. The summed E-state index contributed by atoms with van der Waals surface area (Å²) in [6.45, 7) is 8.38. The van der Waals surface area contributed by atoms with Crippen molar-refractivity contribution in [2.75, 3.05) is 6.61 Å². The fourth-order valence-electron chi connectivity index (χ4n) is 9.52. The van der Waals surface area contributed by atoms with Gasteiger partial charge in [0.1, 0.15) is 11.7 Å². The Labute approximate surface area is 204 Å². The van der Waals surface area contributed by atoms with E-state index in [4.69, 9.17) is 0 Å². The molecule has 0 spiro atoms. The Morgan fingerprint density at radius 2 is 1.50 bits per heavy atom. The van der Waals surface area contributed by atoms with Gasteiger partial charge in [-0.05, 0) is 78.9 Å². The van der Waals surface area contributed by atoms with Gasteiger partial charge < -0.3 is 35.7 Å². The summed E-state index contributed by atoms with van der Waals surface area (Å²) < 4.78 is 0. The van der Waals surface area contributed by atoms with Gasteiger partial charge in [-0.25, -0.2) is 0 Å². The third-order valence-electron chi connectivity index (χ3n) is 11.2. The van der Waals surface area contributed by atoms with Crippen molar-refractivity contribution in [1.82, 2.24) is 0 Å². The van der Waals surface area contributed by atoms with Crippen LogP contribution in [-0.2, 0) is 0 Å². The average Bonchev–Trinajstić information content (AvgIpc) is 2.99. The summed E-state index contributed by atoms with van der Waals surface area (Å²) in [5.74, 6) is -1.28. The van der Waals surface area contributed by atoms with Crippen molar-refractivity contribution >= 4 is 0 Å². The molecule has 0 saturated heterocycles. The van der Waals surface area contributed by atoms with Crippen LogP contribution in [0.3, 0.4) is 0 Å². The molecule has 7 N–H and O–H groups in total. The van der Waals surface area contributed by atoms with E-state index in [0.717, 1.165) is 25.7 Å². The van der Waals surface area contributed by atoms with Crippen LogP contribution in [0.5, 0.6) is 0 Å². The highest BCUT2D eigenvalue weighted by Gasteiger charge is 2.75. The van der Waals surface area contributed by atoms with Crippen molar-refractivity contribution < 1.29 is 35.7 Å². The van der Waals surface area contributed by atoms with Gasteiger partial charge in [0.25, 0.3) is 0 Å². The van der Waals surface area contributed by atoms with E-state index in [2.05, 4.69) is 13.8 Å². The minimum Gasteiger partial charge on any atom is -0.396 e. The number of aliphatic hydroxyl groups excluding tert-OH is 6. The first-order valence-corrected chi connectivity index (χ1v) is 13.6. The second kappa shape index (κ2) is 9.23. The fraction of sp³-hybridized carbons (Fsp3) is 1.00. The molecule has 0 bridgehead atoms. The smallest absolute Gasteiger partial charge is 0.109 e. The minimum atomic E-state index is -1.71.